The monoisotopic (exact) mass is 418 g/mol. The second-order valence-electron chi connectivity index (χ2n) is 6.94. The lowest BCUT2D eigenvalue weighted by Crippen LogP contribution is -2.38. The first kappa shape index (κ1) is 22.2. The van der Waals surface area contributed by atoms with E-state index in [4.69, 9.17) is 14.5 Å². The second-order valence-corrected chi connectivity index (χ2v) is 6.94. The lowest BCUT2D eigenvalue weighted by molar-refractivity contribution is 0.301. The quantitative estimate of drug-likeness (QED) is 0.385. The van der Waals surface area contributed by atoms with Crippen molar-refractivity contribution in [3.63, 3.8) is 0 Å². The number of nitrogens with one attached hydrogen (secondary N) is 2. The van der Waals surface area contributed by atoms with Gasteiger partial charge >= 0.3 is 0 Å². The molecule has 0 saturated heterocycles. The van der Waals surface area contributed by atoms with Crippen molar-refractivity contribution in [3.8, 4) is 11.5 Å². The van der Waals surface area contributed by atoms with Gasteiger partial charge in [-0.3, -0.25) is 4.98 Å². The number of guanidine groups is 1. The number of hydrogen-bond donors (Lipinski definition) is 2. The van der Waals surface area contributed by atoms with Gasteiger partial charge in [-0.05, 0) is 54.8 Å². The van der Waals surface area contributed by atoms with Crippen LogP contribution in [-0.4, -0.2) is 31.1 Å². The number of para-hydroxylation sites is 1. The smallest absolute Gasteiger partial charge is 0.191 e. The molecule has 3 aromatic rings. The molecule has 0 saturated carbocycles. The van der Waals surface area contributed by atoms with Gasteiger partial charge in [-0.25, -0.2) is 4.99 Å². The van der Waals surface area contributed by atoms with Gasteiger partial charge in [-0.2, -0.15) is 0 Å². The van der Waals surface area contributed by atoms with E-state index in [9.17, 15) is 0 Å². The summed E-state index contributed by atoms with van der Waals surface area (Å²) >= 11 is 0. The van der Waals surface area contributed by atoms with Crippen LogP contribution in [0.3, 0.4) is 0 Å². The number of rotatable bonds is 10. The summed E-state index contributed by atoms with van der Waals surface area (Å²) in [7, 11) is 1.70. The summed E-state index contributed by atoms with van der Waals surface area (Å²) in [5.74, 6) is 2.51. The van der Waals surface area contributed by atoms with Gasteiger partial charge in [0.2, 0.25) is 0 Å². The Balaban J connectivity index is 1.54. The Morgan fingerprint density at radius 1 is 1.00 bits per heavy atom. The van der Waals surface area contributed by atoms with E-state index in [0.717, 1.165) is 48.2 Å². The van der Waals surface area contributed by atoms with Crippen LogP contribution >= 0.6 is 0 Å². The minimum Gasteiger partial charge on any atom is -0.496 e. The van der Waals surface area contributed by atoms with Crippen LogP contribution < -0.4 is 20.1 Å². The van der Waals surface area contributed by atoms with Crippen molar-refractivity contribution < 1.29 is 9.47 Å². The van der Waals surface area contributed by atoms with Crippen molar-refractivity contribution in [2.24, 2.45) is 4.99 Å². The first-order valence-corrected chi connectivity index (χ1v) is 10.5. The van der Waals surface area contributed by atoms with E-state index in [1.54, 1.807) is 13.3 Å². The molecule has 0 atom stereocenters. The maximum absolute atomic E-state index is 5.87. The van der Waals surface area contributed by atoms with E-state index < -0.39 is 0 Å². The highest BCUT2D eigenvalue weighted by molar-refractivity contribution is 5.79. The number of pyridine rings is 1. The van der Waals surface area contributed by atoms with Crippen molar-refractivity contribution in [3.05, 3.63) is 89.7 Å². The van der Waals surface area contributed by atoms with Crippen LogP contribution in [0.5, 0.6) is 11.5 Å². The third-order valence-corrected chi connectivity index (χ3v) is 4.65. The number of aliphatic imine (C=N–C) groups is 1. The van der Waals surface area contributed by atoms with Crippen LogP contribution in [-0.2, 0) is 19.6 Å². The van der Waals surface area contributed by atoms with Gasteiger partial charge in [0.1, 0.15) is 18.1 Å². The number of hydrogen-bond acceptors (Lipinski definition) is 4. The van der Waals surface area contributed by atoms with Gasteiger partial charge in [0.15, 0.2) is 5.96 Å². The van der Waals surface area contributed by atoms with Gasteiger partial charge in [-0.1, -0.05) is 36.4 Å². The zero-order valence-electron chi connectivity index (χ0n) is 18.2. The lowest BCUT2D eigenvalue weighted by atomic mass is 10.1. The van der Waals surface area contributed by atoms with E-state index in [-0.39, 0.29) is 0 Å². The van der Waals surface area contributed by atoms with Crippen molar-refractivity contribution in [2.45, 2.75) is 26.5 Å². The van der Waals surface area contributed by atoms with E-state index in [2.05, 4.69) is 34.7 Å². The van der Waals surface area contributed by atoms with Gasteiger partial charge < -0.3 is 20.1 Å². The predicted molar refractivity (Wildman–Crippen MR) is 125 cm³/mol. The average molecular weight is 419 g/mol. The van der Waals surface area contributed by atoms with Crippen LogP contribution in [0.25, 0.3) is 0 Å². The largest absolute Gasteiger partial charge is 0.496 e. The molecule has 31 heavy (non-hydrogen) atoms. The van der Waals surface area contributed by atoms with Gasteiger partial charge in [0.05, 0.1) is 19.3 Å². The Hall–Kier alpha value is -3.54. The summed E-state index contributed by atoms with van der Waals surface area (Å²) in [6.07, 6.45) is 2.62. The topological polar surface area (TPSA) is 67.8 Å². The molecule has 0 aliphatic carbocycles. The van der Waals surface area contributed by atoms with Gasteiger partial charge in [0.25, 0.3) is 0 Å². The molecule has 0 aliphatic heterocycles. The number of methoxy groups -OCH3 is 1. The molecule has 2 N–H and O–H groups in total. The molecular formula is C25H30N4O2. The van der Waals surface area contributed by atoms with Crippen LogP contribution in [0, 0.1) is 0 Å². The summed E-state index contributed by atoms with van der Waals surface area (Å²) < 4.78 is 11.3. The molecule has 1 aromatic heterocycles. The number of aromatic nitrogens is 1. The molecule has 6 nitrogen and oxygen atoms in total. The molecule has 0 fully saturated rings. The highest BCUT2D eigenvalue weighted by Gasteiger charge is 2.03. The third kappa shape index (κ3) is 7.33. The van der Waals surface area contributed by atoms with Crippen molar-refractivity contribution in [1.82, 2.24) is 15.6 Å². The second kappa shape index (κ2) is 12.2. The predicted octanol–water partition coefficient (Wildman–Crippen LogP) is 3.97. The van der Waals surface area contributed by atoms with Gasteiger partial charge in [0, 0.05) is 19.3 Å². The summed E-state index contributed by atoms with van der Waals surface area (Å²) in [5.41, 5.74) is 3.16. The van der Waals surface area contributed by atoms with E-state index in [1.165, 1.54) is 5.56 Å². The minimum absolute atomic E-state index is 0.445. The Bertz CT molecular complexity index is 961. The Labute approximate surface area is 184 Å². The normalized spacial score (nSPS) is 11.1. The van der Waals surface area contributed by atoms with Crippen LogP contribution in [0.1, 0.15) is 23.7 Å². The molecule has 0 bridgehead atoms. The third-order valence-electron chi connectivity index (χ3n) is 4.65. The Morgan fingerprint density at radius 2 is 1.87 bits per heavy atom. The Kier molecular flexibility index (Phi) is 8.73. The molecule has 0 aliphatic rings. The molecule has 1 heterocycles. The zero-order chi connectivity index (χ0) is 21.7. The zero-order valence-corrected chi connectivity index (χ0v) is 18.2. The molecule has 0 amide bonds. The Morgan fingerprint density at radius 3 is 2.68 bits per heavy atom. The standard InChI is InChI=1S/C25H30N4O2/c1-3-26-25(28-16-14-21-10-4-5-13-24(21)30-2)29-18-20-9-8-12-23(17-20)31-19-22-11-6-7-15-27-22/h4-13,15,17H,3,14,16,18-19H2,1-2H3,(H2,26,28,29). The maximum Gasteiger partial charge on any atom is 0.191 e. The first-order valence-electron chi connectivity index (χ1n) is 10.5. The number of ether oxygens (including phenoxy) is 2. The highest BCUT2D eigenvalue weighted by Crippen LogP contribution is 2.17. The maximum atomic E-state index is 5.87. The molecule has 162 valence electrons. The van der Waals surface area contributed by atoms with E-state index in [0.29, 0.717) is 13.2 Å². The molecule has 0 radical (unpaired) electrons. The van der Waals surface area contributed by atoms with Gasteiger partial charge in [-0.15, -0.1) is 0 Å². The molecule has 2 aromatic carbocycles. The van der Waals surface area contributed by atoms with E-state index >= 15 is 0 Å². The average Bonchev–Trinajstić information content (AvgIpc) is 2.82. The first-order chi connectivity index (χ1) is 15.3. The SMILES string of the molecule is CCNC(=NCc1cccc(OCc2ccccn2)c1)NCCc1ccccc1OC. The molecule has 6 heteroatoms. The van der Waals surface area contributed by atoms with Crippen molar-refractivity contribution in [1.29, 1.82) is 0 Å². The summed E-state index contributed by atoms with van der Waals surface area (Å²) in [4.78, 5) is 9.00. The fraction of sp³-hybridized carbons (Fsp3) is 0.280. The summed E-state index contributed by atoms with van der Waals surface area (Å²) in [6.45, 7) is 4.63. The fourth-order valence-corrected chi connectivity index (χ4v) is 3.11. The van der Waals surface area contributed by atoms with Crippen LogP contribution in [0.2, 0.25) is 0 Å². The molecule has 0 unspecified atom stereocenters. The minimum atomic E-state index is 0.445. The van der Waals surface area contributed by atoms with E-state index in [1.807, 2.05) is 54.6 Å². The summed E-state index contributed by atoms with van der Waals surface area (Å²) in [5, 5.41) is 6.69. The number of benzene rings is 2. The summed E-state index contributed by atoms with van der Waals surface area (Å²) in [6, 6.07) is 21.9. The van der Waals surface area contributed by atoms with Crippen LogP contribution in [0.4, 0.5) is 0 Å². The highest BCUT2D eigenvalue weighted by atomic mass is 16.5. The van der Waals surface area contributed by atoms with Crippen molar-refractivity contribution >= 4 is 5.96 Å². The van der Waals surface area contributed by atoms with Crippen molar-refractivity contribution in [2.75, 3.05) is 20.2 Å². The van der Waals surface area contributed by atoms with Crippen LogP contribution in [0.15, 0.2) is 77.9 Å². The number of nitrogens with zero attached hydrogens (tertiary/aromatic N) is 2. The molecular weight excluding hydrogens is 388 g/mol. The fourth-order valence-electron chi connectivity index (χ4n) is 3.11. The molecule has 3 rings (SSSR count). The lowest BCUT2D eigenvalue weighted by Gasteiger charge is -2.13. The molecule has 0 spiro atoms.